The van der Waals surface area contributed by atoms with Gasteiger partial charge in [0, 0.05) is 29.3 Å². The van der Waals surface area contributed by atoms with Gasteiger partial charge in [-0.1, -0.05) is 35.9 Å². The van der Waals surface area contributed by atoms with Crippen LogP contribution in [0.5, 0.6) is 5.75 Å². The van der Waals surface area contributed by atoms with Gasteiger partial charge in [-0.05, 0) is 49.6 Å². The van der Waals surface area contributed by atoms with Crippen molar-refractivity contribution in [2.75, 3.05) is 19.8 Å². The number of nitrogens with zero attached hydrogens (tertiary/aromatic N) is 2. The van der Waals surface area contributed by atoms with Gasteiger partial charge < -0.3 is 14.4 Å². The normalized spacial score (nSPS) is 20.3. The number of fused-ring (bicyclic) bond motifs is 1. The summed E-state index contributed by atoms with van der Waals surface area (Å²) >= 11 is 6.09. The number of halogens is 1. The van der Waals surface area contributed by atoms with Gasteiger partial charge in [-0.25, -0.2) is 0 Å². The summed E-state index contributed by atoms with van der Waals surface area (Å²) in [5.74, 6) is 0.736. The van der Waals surface area contributed by atoms with Crippen LogP contribution in [-0.4, -0.2) is 46.9 Å². The minimum absolute atomic E-state index is 0.0509. The molecule has 160 valence electrons. The first-order chi connectivity index (χ1) is 15.2. The van der Waals surface area contributed by atoms with Crippen LogP contribution in [0.2, 0.25) is 5.02 Å². The zero-order valence-electron chi connectivity index (χ0n) is 17.3. The van der Waals surface area contributed by atoms with E-state index in [0.717, 1.165) is 47.6 Å². The molecule has 1 saturated heterocycles. The van der Waals surface area contributed by atoms with Crippen LogP contribution in [0.1, 0.15) is 47.4 Å². The summed E-state index contributed by atoms with van der Waals surface area (Å²) in [7, 11) is 0. The second kappa shape index (κ2) is 8.36. The van der Waals surface area contributed by atoms with Crippen LogP contribution in [-0.2, 0) is 4.74 Å². The van der Waals surface area contributed by atoms with Gasteiger partial charge in [0.2, 0.25) is 0 Å². The standard InChI is InChI=1S/C24H24ClN3O3/c1-2-30-18-6-3-5-16(13-18)23-20-21(15-8-10-17(25)11-9-15)26-27-22(20)24(29)28(23)14-19-7-4-12-31-19/h3,5-6,8-11,13,19,23H,2,4,7,12,14H2,1H3,(H,26,27). The van der Waals surface area contributed by atoms with E-state index in [4.69, 9.17) is 21.1 Å². The molecule has 0 aliphatic carbocycles. The maximum Gasteiger partial charge on any atom is 0.273 e. The van der Waals surface area contributed by atoms with E-state index in [9.17, 15) is 4.79 Å². The first-order valence-corrected chi connectivity index (χ1v) is 11.0. The maximum absolute atomic E-state index is 13.4. The Bertz CT molecular complexity index is 1090. The number of nitrogens with one attached hydrogen (secondary N) is 1. The van der Waals surface area contributed by atoms with Crippen LogP contribution in [0.15, 0.2) is 48.5 Å². The zero-order chi connectivity index (χ0) is 21.4. The van der Waals surface area contributed by atoms with Crippen molar-refractivity contribution in [3.8, 4) is 17.0 Å². The first-order valence-electron chi connectivity index (χ1n) is 10.6. The molecule has 3 heterocycles. The lowest BCUT2D eigenvalue weighted by molar-refractivity contribution is 0.0495. The van der Waals surface area contributed by atoms with Crippen LogP contribution in [0.25, 0.3) is 11.3 Å². The third kappa shape index (κ3) is 3.70. The fourth-order valence-electron chi connectivity index (χ4n) is 4.51. The fourth-order valence-corrected chi connectivity index (χ4v) is 4.63. The lowest BCUT2D eigenvalue weighted by Crippen LogP contribution is -2.36. The Morgan fingerprint density at radius 3 is 2.84 bits per heavy atom. The molecule has 0 saturated carbocycles. The quantitative estimate of drug-likeness (QED) is 0.598. The molecule has 1 fully saturated rings. The first kappa shape index (κ1) is 20.1. The van der Waals surface area contributed by atoms with Crippen molar-refractivity contribution in [2.24, 2.45) is 0 Å². The van der Waals surface area contributed by atoms with Gasteiger partial charge in [0.1, 0.15) is 11.4 Å². The molecule has 0 spiro atoms. The summed E-state index contributed by atoms with van der Waals surface area (Å²) < 4.78 is 11.6. The van der Waals surface area contributed by atoms with Gasteiger partial charge in [0.05, 0.1) is 24.4 Å². The molecule has 5 rings (SSSR count). The SMILES string of the molecule is CCOc1cccc(C2c3c(-c4ccc(Cl)cc4)n[nH]c3C(=O)N2CC2CCCO2)c1. The second-order valence-electron chi connectivity index (χ2n) is 7.87. The number of amides is 1. The largest absolute Gasteiger partial charge is 0.494 e. The summed E-state index contributed by atoms with van der Waals surface area (Å²) in [5, 5.41) is 8.17. The fraction of sp³-hybridized carbons (Fsp3) is 0.333. The lowest BCUT2D eigenvalue weighted by atomic mass is 9.95. The van der Waals surface area contributed by atoms with E-state index in [-0.39, 0.29) is 18.1 Å². The van der Waals surface area contributed by atoms with E-state index in [0.29, 0.717) is 23.9 Å². The number of hydrogen-bond acceptors (Lipinski definition) is 4. The molecule has 0 radical (unpaired) electrons. The number of rotatable bonds is 6. The van der Waals surface area contributed by atoms with Crippen molar-refractivity contribution in [1.29, 1.82) is 0 Å². The Kier molecular flexibility index (Phi) is 5.42. The van der Waals surface area contributed by atoms with E-state index < -0.39 is 0 Å². The Morgan fingerprint density at radius 2 is 2.10 bits per heavy atom. The van der Waals surface area contributed by atoms with Crippen molar-refractivity contribution in [1.82, 2.24) is 15.1 Å². The molecule has 7 heteroatoms. The molecule has 2 atom stereocenters. The number of ether oxygens (including phenoxy) is 2. The number of benzene rings is 2. The predicted octanol–water partition coefficient (Wildman–Crippen LogP) is 4.85. The molecule has 6 nitrogen and oxygen atoms in total. The Balaban J connectivity index is 1.61. The highest BCUT2D eigenvalue weighted by Gasteiger charge is 2.43. The Labute approximate surface area is 186 Å². The molecular weight excluding hydrogens is 414 g/mol. The smallest absolute Gasteiger partial charge is 0.273 e. The minimum Gasteiger partial charge on any atom is -0.494 e. The van der Waals surface area contributed by atoms with Crippen molar-refractivity contribution in [3.05, 3.63) is 70.4 Å². The highest BCUT2D eigenvalue weighted by molar-refractivity contribution is 6.30. The molecule has 2 aliphatic rings. The van der Waals surface area contributed by atoms with Gasteiger partial charge in [0.25, 0.3) is 5.91 Å². The third-order valence-electron chi connectivity index (χ3n) is 5.89. The summed E-state index contributed by atoms with van der Waals surface area (Å²) in [5.41, 5.74) is 4.10. The second-order valence-corrected chi connectivity index (χ2v) is 8.30. The van der Waals surface area contributed by atoms with E-state index >= 15 is 0 Å². The van der Waals surface area contributed by atoms with Crippen molar-refractivity contribution in [2.45, 2.75) is 31.9 Å². The van der Waals surface area contributed by atoms with E-state index in [2.05, 4.69) is 10.2 Å². The molecule has 0 bridgehead atoms. The minimum atomic E-state index is -0.267. The number of hydrogen-bond donors (Lipinski definition) is 1. The number of H-pyrrole nitrogens is 1. The number of carbonyl (C=O) groups excluding carboxylic acids is 1. The topological polar surface area (TPSA) is 67.5 Å². The number of aromatic amines is 1. The van der Waals surface area contributed by atoms with Crippen molar-refractivity contribution >= 4 is 17.5 Å². The van der Waals surface area contributed by atoms with Crippen molar-refractivity contribution < 1.29 is 14.3 Å². The van der Waals surface area contributed by atoms with Crippen molar-refractivity contribution in [3.63, 3.8) is 0 Å². The highest BCUT2D eigenvalue weighted by atomic mass is 35.5. The molecule has 2 aliphatic heterocycles. The monoisotopic (exact) mass is 437 g/mol. The molecule has 3 aromatic rings. The van der Waals surface area contributed by atoms with Gasteiger partial charge in [-0.15, -0.1) is 0 Å². The summed E-state index contributed by atoms with van der Waals surface area (Å²) in [6.45, 7) is 3.84. The Hall–Kier alpha value is -2.83. The van der Waals surface area contributed by atoms with Crippen LogP contribution >= 0.6 is 11.6 Å². The Morgan fingerprint density at radius 1 is 1.26 bits per heavy atom. The average molecular weight is 438 g/mol. The molecule has 1 amide bonds. The van der Waals surface area contributed by atoms with Gasteiger partial charge in [-0.2, -0.15) is 5.10 Å². The molecule has 31 heavy (non-hydrogen) atoms. The summed E-state index contributed by atoms with van der Waals surface area (Å²) in [4.78, 5) is 15.3. The van der Waals surface area contributed by atoms with E-state index in [1.807, 2.05) is 60.4 Å². The summed E-state index contributed by atoms with van der Waals surface area (Å²) in [6, 6.07) is 15.2. The number of aromatic nitrogens is 2. The highest BCUT2D eigenvalue weighted by Crippen LogP contribution is 2.44. The van der Waals surface area contributed by atoms with E-state index in [1.165, 1.54) is 0 Å². The van der Waals surface area contributed by atoms with E-state index in [1.54, 1.807) is 0 Å². The summed E-state index contributed by atoms with van der Waals surface area (Å²) in [6.07, 6.45) is 2.05. The maximum atomic E-state index is 13.4. The van der Waals surface area contributed by atoms with Crippen LogP contribution < -0.4 is 4.74 Å². The third-order valence-corrected chi connectivity index (χ3v) is 6.14. The molecule has 1 N–H and O–H groups in total. The van der Waals surface area contributed by atoms with Crippen LogP contribution in [0.4, 0.5) is 0 Å². The van der Waals surface area contributed by atoms with Crippen LogP contribution in [0.3, 0.4) is 0 Å². The average Bonchev–Trinajstić information content (AvgIpc) is 3.49. The lowest BCUT2D eigenvalue weighted by Gasteiger charge is -2.28. The number of carbonyl (C=O) groups is 1. The predicted molar refractivity (Wildman–Crippen MR) is 118 cm³/mol. The molecule has 2 aromatic carbocycles. The van der Waals surface area contributed by atoms with Gasteiger partial charge >= 0.3 is 0 Å². The van der Waals surface area contributed by atoms with Gasteiger partial charge in [-0.3, -0.25) is 9.89 Å². The molecule has 1 aromatic heterocycles. The molecule has 2 unspecified atom stereocenters. The zero-order valence-corrected chi connectivity index (χ0v) is 18.1. The molecular formula is C24H24ClN3O3. The van der Waals surface area contributed by atoms with Gasteiger partial charge in [0.15, 0.2) is 0 Å². The van der Waals surface area contributed by atoms with Crippen LogP contribution in [0, 0.1) is 0 Å².